The van der Waals surface area contributed by atoms with E-state index in [-0.39, 0.29) is 20.6 Å². The van der Waals surface area contributed by atoms with Crippen LogP contribution in [0.4, 0.5) is 11.4 Å². The number of nitrogen functional groups attached to an aromatic ring is 1. The number of sulfonamides is 1. The number of carbonyl (C=O) groups is 1. The Bertz CT molecular complexity index is 879. The molecule has 1 atom stereocenters. The summed E-state index contributed by atoms with van der Waals surface area (Å²) in [5.74, 6) is -0.588. The van der Waals surface area contributed by atoms with Crippen molar-refractivity contribution in [2.45, 2.75) is 17.9 Å². The van der Waals surface area contributed by atoms with Crippen molar-refractivity contribution in [3.63, 3.8) is 0 Å². The summed E-state index contributed by atoms with van der Waals surface area (Å²) in [6.45, 7) is 1.41. The van der Waals surface area contributed by atoms with Crippen molar-refractivity contribution in [2.75, 3.05) is 11.1 Å². The van der Waals surface area contributed by atoms with E-state index < -0.39 is 22.0 Å². The van der Waals surface area contributed by atoms with Gasteiger partial charge in [-0.25, -0.2) is 8.42 Å². The normalized spacial score (nSPS) is 12.6. The second kappa shape index (κ2) is 7.80. The predicted octanol–water partition coefficient (Wildman–Crippen LogP) is 3.53. The van der Waals surface area contributed by atoms with Gasteiger partial charge in [-0.15, -0.1) is 0 Å². The van der Waals surface area contributed by atoms with Crippen LogP contribution in [0.25, 0.3) is 0 Å². The van der Waals surface area contributed by atoms with E-state index >= 15 is 0 Å². The molecular weight excluding hydrogens is 409 g/mol. The maximum absolute atomic E-state index is 12.3. The highest BCUT2D eigenvalue weighted by Gasteiger charge is 2.22. The zero-order valence-corrected chi connectivity index (χ0v) is 16.0. The van der Waals surface area contributed by atoms with E-state index in [0.29, 0.717) is 10.7 Å². The van der Waals surface area contributed by atoms with E-state index in [1.54, 1.807) is 0 Å². The summed E-state index contributed by atoms with van der Waals surface area (Å²) in [4.78, 5) is 12.2. The lowest BCUT2D eigenvalue weighted by Gasteiger charge is -2.15. The average molecular weight is 423 g/mol. The van der Waals surface area contributed by atoms with Crippen molar-refractivity contribution in [2.24, 2.45) is 0 Å². The Balaban J connectivity index is 2.11. The first-order chi connectivity index (χ1) is 11.6. The first-order valence-electron chi connectivity index (χ1n) is 6.93. The molecule has 0 unspecified atom stereocenters. The van der Waals surface area contributed by atoms with Gasteiger partial charge in [-0.2, -0.15) is 4.72 Å². The number of hydrogen-bond donors (Lipinski definition) is 3. The van der Waals surface area contributed by atoms with E-state index in [9.17, 15) is 13.2 Å². The maximum Gasteiger partial charge on any atom is 0.242 e. The minimum absolute atomic E-state index is 0.00452. The second-order valence-corrected chi connectivity index (χ2v) is 8.10. The smallest absolute Gasteiger partial charge is 0.242 e. The van der Waals surface area contributed by atoms with E-state index in [1.165, 1.54) is 43.3 Å². The molecule has 10 heteroatoms. The van der Waals surface area contributed by atoms with E-state index in [4.69, 9.17) is 40.5 Å². The van der Waals surface area contributed by atoms with Gasteiger partial charge in [-0.3, -0.25) is 4.79 Å². The molecule has 6 nitrogen and oxygen atoms in total. The molecule has 2 aromatic carbocycles. The molecule has 1 amide bonds. The quantitative estimate of drug-likeness (QED) is 0.641. The molecule has 0 aromatic heterocycles. The van der Waals surface area contributed by atoms with Gasteiger partial charge in [0.05, 0.1) is 26.7 Å². The van der Waals surface area contributed by atoms with Gasteiger partial charge in [-0.1, -0.05) is 34.8 Å². The summed E-state index contributed by atoms with van der Waals surface area (Å²) in [5, 5.41) is 3.28. The number of benzene rings is 2. The predicted molar refractivity (Wildman–Crippen MR) is 101 cm³/mol. The van der Waals surface area contributed by atoms with Gasteiger partial charge in [0, 0.05) is 10.7 Å². The van der Waals surface area contributed by atoms with Gasteiger partial charge in [-0.05, 0) is 43.3 Å². The summed E-state index contributed by atoms with van der Waals surface area (Å²) in [6.07, 6.45) is 0. The molecule has 0 aliphatic carbocycles. The van der Waals surface area contributed by atoms with Crippen LogP contribution in [0, 0.1) is 0 Å². The van der Waals surface area contributed by atoms with Crippen molar-refractivity contribution in [3.8, 4) is 0 Å². The van der Waals surface area contributed by atoms with Crippen LogP contribution < -0.4 is 15.8 Å². The largest absolute Gasteiger partial charge is 0.396 e. The van der Waals surface area contributed by atoms with Crippen molar-refractivity contribution in [3.05, 3.63) is 51.5 Å². The molecule has 0 spiro atoms. The second-order valence-electron chi connectivity index (χ2n) is 5.14. The van der Waals surface area contributed by atoms with E-state index in [2.05, 4.69) is 10.0 Å². The summed E-state index contributed by atoms with van der Waals surface area (Å²) >= 11 is 17.5. The van der Waals surface area contributed by atoms with Crippen LogP contribution in [0.5, 0.6) is 0 Å². The maximum atomic E-state index is 12.3. The number of carbonyl (C=O) groups excluding carboxylic acids is 1. The number of rotatable bonds is 5. The Morgan fingerprint density at radius 3 is 2.12 bits per heavy atom. The molecule has 0 fully saturated rings. The SMILES string of the molecule is C[C@H](NS(=O)(=O)c1ccc(Cl)cc1)C(=O)Nc1cc(Cl)c(N)c(Cl)c1. The summed E-state index contributed by atoms with van der Waals surface area (Å²) in [6, 6.07) is 7.36. The highest BCUT2D eigenvalue weighted by molar-refractivity contribution is 7.89. The number of anilines is 2. The zero-order chi connectivity index (χ0) is 18.8. The molecule has 2 aromatic rings. The summed E-state index contributed by atoms with van der Waals surface area (Å²) in [5.41, 5.74) is 6.11. The third-order valence-corrected chi connectivity index (χ3v) is 5.63. The number of hydrogen-bond acceptors (Lipinski definition) is 4. The Labute approximate surface area is 160 Å². The standard InChI is InChI=1S/C15H14Cl3N3O3S/c1-8(21-25(23,24)11-4-2-9(16)3-5-11)15(22)20-10-6-12(17)14(19)13(18)7-10/h2-8,21H,19H2,1H3,(H,20,22)/t8-/m0/s1. The van der Waals surface area contributed by atoms with Crippen LogP contribution in [0.2, 0.25) is 15.1 Å². The van der Waals surface area contributed by atoms with Gasteiger partial charge < -0.3 is 11.1 Å². The topological polar surface area (TPSA) is 101 Å². The lowest BCUT2D eigenvalue weighted by molar-refractivity contribution is -0.117. The highest BCUT2D eigenvalue weighted by atomic mass is 35.5. The molecule has 2 rings (SSSR count). The molecule has 0 heterocycles. The summed E-state index contributed by atoms with van der Waals surface area (Å²) in [7, 11) is -3.88. The Kier molecular flexibility index (Phi) is 6.18. The highest BCUT2D eigenvalue weighted by Crippen LogP contribution is 2.31. The van der Waals surface area contributed by atoms with Crippen molar-refractivity contribution >= 4 is 62.1 Å². The molecule has 4 N–H and O–H groups in total. The van der Waals surface area contributed by atoms with Gasteiger partial charge in [0.25, 0.3) is 0 Å². The molecular formula is C15H14Cl3N3O3S. The monoisotopic (exact) mass is 421 g/mol. The lowest BCUT2D eigenvalue weighted by atomic mass is 10.2. The fourth-order valence-electron chi connectivity index (χ4n) is 1.88. The fraction of sp³-hybridized carbons (Fsp3) is 0.133. The van der Waals surface area contributed by atoms with Crippen LogP contribution in [-0.4, -0.2) is 20.4 Å². The van der Waals surface area contributed by atoms with Crippen LogP contribution in [0.15, 0.2) is 41.3 Å². The Morgan fingerprint density at radius 1 is 1.08 bits per heavy atom. The van der Waals surface area contributed by atoms with Crippen molar-refractivity contribution in [1.29, 1.82) is 0 Å². The van der Waals surface area contributed by atoms with Gasteiger partial charge >= 0.3 is 0 Å². The minimum atomic E-state index is -3.88. The number of amides is 1. The number of halogens is 3. The molecule has 0 aliphatic rings. The average Bonchev–Trinajstić information content (AvgIpc) is 2.52. The van der Waals surface area contributed by atoms with Gasteiger partial charge in [0.2, 0.25) is 15.9 Å². The molecule has 25 heavy (non-hydrogen) atoms. The molecule has 0 saturated heterocycles. The molecule has 0 radical (unpaired) electrons. The summed E-state index contributed by atoms with van der Waals surface area (Å²) < 4.78 is 26.8. The van der Waals surface area contributed by atoms with Crippen molar-refractivity contribution in [1.82, 2.24) is 4.72 Å². The Morgan fingerprint density at radius 2 is 1.60 bits per heavy atom. The molecule has 0 saturated carbocycles. The van der Waals surface area contributed by atoms with Gasteiger partial charge in [0.1, 0.15) is 0 Å². The van der Waals surface area contributed by atoms with Crippen molar-refractivity contribution < 1.29 is 13.2 Å². The minimum Gasteiger partial charge on any atom is -0.396 e. The van der Waals surface area contributed by atoms with Gasteiger partial charge in [0.15, 0.2) is 0 Å². The molecule has 0 aliphatic heterocycles. The third-order valence-electron chi connectivity index (χ3n) is 3.20. The lowest BCUT2D eigenvalue weighted by Crippen LogP contribution is -2.41. The third kappa shape index (κ3) is 4.99. The van der Waals surface area contributed by atoms with Crippen LogP contribution in [0.3, 0.4) is 0 Å². The number of nitrogens with one attached hydrogen (secondary N) is 2. The Hall–Kier alpha value is -1.51. The fourth-order valence-corrected chi connectivity index (χ4v) is 3.69. The molecule has 0 bridgehead atoms. The van der Waals surface area contributed by atoms with Crippen LogP contribution in [0.1, 0.15) is 6.92 Å². The first-order valence-corrected chi connectivity index (χ1v) is 9.55. The zero-order valence-electron chi connectivity index (χ0n) is 12.9. The molecule has 134 valence electrons. The van der Waals surface area contributed by atoms with E-state index in [0.717, 1.165) is 0 Å². The van der Waals surface area contributed by atoms with Crippen LogP contribution in [-0.2, 0) is 14.8 Å². The van der Waals surface area contributed by atoms with E-state index in [1.807, 2.05) is 0 Å². The first kappa shape index (κ1) is 19.8. The number of nitrogens with two attached hydrogens (primary N) is 1. The van der Waals surface area contributed by atoms with Crippen LogP contribution >= 0.6 is 34.8 Å².